The summed E-state index contributed by atoms with van der Waals surface area (Å²) >= 11 is 3.42. The van der Waals surface area contributed by atoms with E-state index >= 15 is 0 Å². The van der Waals surface area contributed by atoms with E-state index in [0.29, 0.717) is 0 Å². The lowest BCUT2D eigenvalue weighted by molar-refractivity contribution is 0.260. The SMILES string of the molecule is CNCC(CO)c1cc(Br)ccc1OC. The molecule has 0 spiro atoms. The van der Waals surface area contributed by atoms with Crippen LogP contribution in [0.2, 0.25) is 0 Å². The molecular weight excluding hydrogens is 258 g/mol. The zero-order chi connectivity index (χ0) is 11.3. The summed E-state index contributed by atoms with van der Waals surface area (Å²) in [7, 11) is 3.51. The molecule has 15 heavy (non-hydrogen) atoms. The van der Waals surface area contributed by atoms with Gasteiger partial charge in [-0.3, -0.25) is 0 Å². The maximum Gasteiger partial charge on any atom is 0.122 e. The van der Waals surface area contributed by atoms with Crippen molar-refractivity contribution in [2.75, 3.05) is 27.3 Å². The maximum atomic E-state index is 9.31. The highest BCUT2D eigenvalue weighted by Gasteiger charge is 2.14. The van der Waals surface area contributed by atoms with Gasteiger partial charge in [-0.2, -0.15) is 0 Å². The zero-order valence-electron chi connectivity index (χ0n) is 8.96. The van der Waals surface area contributed by atoms with E-state index in [9.17, 15) is 5.11 Å². The van der Waals surface area contributed by atoms with Gasteiger partial charge in [-0.05, 0) is 25.2 Å². The first-order valence-corrected chi connectivity index (χ1v) is 5.61. The van der Waals surface area contributed by atoms with Crippen LogP contribution in [-0.4, -0.2) is 32.4 Å². The largest absolute Gasteiger partial charge is 0.496 e. The second-order valence-electron chi connectivity index (χ2n) is 3.32. The molecule has 0 aliphatic carbocycles. The number of aliphatic hydroxyl groups is 1. The maximum absolute atomic E-state index is 9.31. The van der Waals surface area contributed by atoms with Crippen LogP contribution >= 0.6 is 15.9 Å². The Kier molecular flexibility index (Phi) is 5.08. The van der Waals surface area contributed by atoms with Crippen molar-refractivity contribution in [1.29, 1.82) is 0 Å². The smallest absolute Gasteiger partial charge is 0.122 e. The van der Waals surface area contributed by atoms with Crippen LogP contribution in [0.5, 0.6) is 5.75 Å². The van der Waals surface area contributed by atoms with E-state index in [0.717, 1.165) is 22.3 Å². The van der Waals surface area contributed by atoms with Gasteiger partial charge in [0.2, 0.25) is 0 Å². The van der Waals surface area contributed by atoms with Crippen LogP contribution in [0.1, 0.15) is 11.5 Å². The van der Waals surface area contributed by atoms with E-state index in [1.165, 1.54) is 0 Å². The van der Waals surface area contributed by atoms with Gasteiger partial charge in [0.05, 0.1) is 13.7 Å². The van der Waals surface area contributed by atoms with Gasteiger partial charge >= 0.3 is 0 Å². The number of halogens is 1. The highest BCUT2D eigenvalue weighted by molar-refractivity contribution is 9.10. The number of benzene rings is 1. The third-order valence-corrected chi connectivity index (χ3v) is 2.80. The molecule has 1 unspecified atom stereocenters. The predicted octanol–water partition coefficient (Wildman–Crippen LogP) is 1.75. The number of nitrogens with one attached hydrogen (secondary N) is 1. The average Bonchev–Trinajstić information content (AvgIpc) is 2.26. The Balaban J connectivity index is 3.02. The van der Waals surface area contributed by atoms with Gasteiger partial charge in [-0.25, -0.2) is 0 Å². The Bertz CT molecular complexity index is 317. The summed E-state index contributed by atoms with van der Waals surface area (Å²) in [6.07, 6.45) is 0. The Morgan fingerprint density at radius 1 is 1.53 bits per heavy atom. The fourth-order valence-corrected chi connectivity index (χ4v) is 1.92. The van der Waals surface area contributed by atoms with Crippen LogP contribution < -0.4 is 10.1 Å². The van der Waals surface area contributed by atoms with Gasteiger partial charge in [0.1, 0.15) is 5.75 Å². The highest BCUT2D eigenvalue weighted by atomic mass is 79.9. The molecule has 0 aliphatic rings. The molecule has 0 radical (unpaired) electrons. The molecule has 0 amide bonds. The minimum atomic E-state index is 0.0578. The molecule has 84 valence electrons. The van der Waals surface area contributed by atoms with Gasteiger partial charge in [0, 0.05) is 22.5 Å². The summed E-state index contributed by atoms with van der Waals surface area (Å²) in [6, 6.07) is 5.81. The topological polar surface area (TPSA) is 41.5 Å². The molecule has 1 rings (SSSR count). The molecule has 0 bridgehead atoms. The molecule has 1 aromatic carbocycles. The molecular formula is C11H16BrNO2. The second kappa shape index (κ2) is 6.10. The molecule has 1 aromatic rings. The first-order valence-electron chi connectivity index (χ1n) is 4.81. The Hall–Kier alpha value is -0.580. The summed E-state index contributed by atoms with van der Waals surface area (Å²) in [5.41, 5.74) is 1.02. The predicted molar refractivity (Wildman–Crippen MR) is 64.4 cm³/mol. The Morgan fingerprint density at radius 2 is 2.27 bits per heavy atom. The third kappa shape index (κ3) is 3.19. The fourth-order valence-electron chi connectivity index (χ4n) is 1.54. The Morgan fingerprint density at radius 3 is 2.80 bits per heavy atom. The van der Waals surface area contributed by atoms with Crippen LogP contribution in [-0.2, 0) is 0 Å². The summed E-state index contributed by atoms with van der Waals surface area (Å²) in [6.45, 7) is 0.830. The molecule has 0 heterocycles. The van der Waals surface area contributed by atoms with Gasteiger partial charge in [-0.15, -0.1) is 0 Å². The van der Waals surface area contributed by atoms with Crippen LogP contribution in [0.3, 0.4) is 0 Å². The number of hydrogen-bond acceptors (Lipinski definition) is 3. The van der Waals surface area contributed by atoms with Crippen molar-refractivity contribution in [3.05, 3.63) is 28.2 Å². The lowest BCUT2D eigenvalue weighted by Crippen LogP contribution is -2.20. The molecule has 1 atom stereocenters. The van der Waals surface area contributed by atoms with Crippen LogP contribution in [0.15, 0.2) is 22.7 Å². The molecule has 0 saturated carbocycles. The fraction of sp³-hybridized carbons (Fsp3) is 0.455. The summed E-state index contributed by atoms with van der Waals surface area (Å²) in [5, 5.41) is 12.4. The molecule has 0 saturated heterocycles. The van der Waals surface area contributed by atoms with Crippen LogP contribution in [0.25, 0.3) is 0 Å². The van der Waals surface area contributed by atoms with E-state index in [1.54, 1.807) is 7.11 Å². The van der Waals surface area contributed by atoms with Gasteiger partial charge in [0.25, 0.3) is 0 Å². The molecule has 0 aliphatic heterocycles. The molecule has 4 heteroatoms. The molecule has 0 aromatic heterocycles. The molecule has 3 nitrogen and oxygen atoms in total. The summed E-state index contributed by atoms with van der Waals surface area (Å²) in [5.74, 6) is 0.870. The number of ether oxygens (including phenoxy) is 1. The van der Waals surface area contributed by atoms with E-state index in [2.05, 4.69) is 21.2 Å². The summed E-state index contributed by atoms with van der Waals surface area (Å²) < 4.78 is 6.26. The highest BCUT2D eigenvalue weighted by Crippen LogP contribution is 2.29. The quantitative estimate of drug-likeness (QED) is 0.859. The standard InChI is InChI=1S/C11H16BrNO2/c1-13-6-8(7-14)10-5-9(12)3-4-11(10)15-2/h3-5,8,13-14H,6-7H2,1-2H3. The number of aliphatic hydroxyl groups excluding tert-OH is 1. The summed E-state index contributed by atoms with van der Waals surface area (Å²) in [4.78, 5) is 0. The molecule has 2 N–H and O–H groups in total. The van der Waals surface area contributed by atoms with Gasteiger partial charge in [0.15, 0.2) is 0 Å². The first kappa shape index (κ1) is 12.5. The number of hydrogen-bond donors (Lipinski definition) is 2. The van der Waals surface area contributed by atoms with Gasteiger partial charge in [-0.1, -0.05) is 15.9 Å². The van der Waals surface area contributed by atoms with Crippen molar-refractivity contribution in [3.8, 4) is 5.75 Å². The van der Waals surface area contributed by atoms with E-state index in [-0.39, 0.29) is 12.5 Å². The monoisotopic (exact) mass is 273 g/mol. The number of likely N-dealkylation sites (N-methyl/N-ethyl adjacent to an activating group) is 1. The normalized spacial score (nSPS) is 12.5. The van der Waals surface area contributed by atoms with Crippen molar-refractivity contribution < 1.29 is 9.84 Å². The van der Waals surface area contributed by atoms with Crippen molar-refractivity contribution >= 4 is 15.9 Å². The Labute approximate surface area is 98.6 Å². The average molecular weight is 274 g/mol. The van der Waals surface area contributed by atoms with Crippen LogP contribution in [0.4, 0.5) is 0 Å². The third-order valence-electron chi connectivity index (χ3n) is 2.30. The van der Waals surface area contributed by atoms with E-state index in [1.807, 2.05) is 25.2 Å². The van der Waals surface area contributed by atoms with Crippen molar-refractivity contribution in [3.63, 3.8) is 0 Å². The second-order valence-corrected chi connectivity index (χ2v) is 4.24. The zero-order valence-corrected chi connectivity index (χ0v) is 10.5. The lowest BCUT2D eigenvalue weighted by atomic mass is 9.99. The van der Waals surface area contributed by atoms with Crippen LogP contribution in [0, 0.1) is 0 Å². The molecule has 0 fully saturated rings. The van der Waals surface area contributed by atoms with E-state index in [4.69, 9.17) is 4.74 Å². The van der Waals surface area contributed by atoms with Crippen molar-refractivity contribution in [2.45, 2.75) is 5.92 Å². The first-order chi connectivity index (χ1) is 7.22. The van der Waals surface area contributed by atoms with E-state index < -0.39 is 0 Å². The number of rotatable bonds is 5. The van der Waals surface area contributed by atoms with Gasteiger partial charge < -0.3 is 15.2 Å². The number of methoxy groups -OCH3 is 1. The minimum absolute atomic E-state index is 0.0578. The van der Waals surface area contributed by atoms with Crippen molar-refractivity contribution in [1.82, 2.24) is 5.32 Å². The minimum Gasteiger partial charge on any atom is -0.496 e. The van der Waals surface area contributed by atoms with Crippen molar-refractivity contribution in [2.24, 2.45) is 0 Å². The lowest BCUT2D eigenvalue weighted by Gasteiger charge is -2.17.